The minimum atomic E-state index is -1.13. The van der Waals surface area contributed by atoms with Crippen LogP contribution in [0.3, 0.4) is 0 Å². The van der Waals surface area contributed by atoms with Gasteiger partial charge >= 0.3 is 0 Å². The van der Waals surface area contributed by atoms with Gasteiger partial charge < -0.3 is 5.73 Å². The standard InChI is InChI=1S/C22H23FN4O/c1-21(2)19(28)27(4)20(25)26-22(21,3)17-12-16(9-10-18(17)23)11-14-5-7-15(13-24)8-6-14/h5-10,12H,11H2,1-4H3,(H2,25,26)/t22-/m1/s1. The predicted octanol–water partition coefficient (Wildman–Crippen LogP) is 3.32. The molecule has 1 heterocycles. The molecular formula is C22H23FN4O. The van der Waals surface area contributed by atoms with E-state index in [1.165, 1.54) is 11.0 Å². The van der Waals surface area contributed by atoms with Crippen LogP contribution in [0.15, 0.2) is 47.5 Å². The molecule has 28 heavy (non-hydrogen) atoms. The molecule has 2 N–H and O–H groups in total. The molecule has 0 saturated carbocycles. The van der Waals surface area contributed by atoms with Gasteiger partial charge in [-0.2, -0.15) is 5.26 Å². The van der Waals surface area contributed by atoms with Crippen LogP contribution in [0.2, 0.25) is 0 Å². The minimum Gasteiger partial charge on any atom is -0.369 e. The number of guanidine groups is 1. The molecule has 1 aliphatic rings. The number of rotatable bonds is 3. The lowest BCUT2D eigenvalue weighted by atomic mass is 9.67. The largest absolute Gasteiger partial charge is 0.369 e. The maximum Gasteiger partial charge on any atom is 0.237 e. The number of nitrogens with zero attached hydrogens (tertiary/aromatic N) is 3. The number of halogens is 1. The van der Waals surface area contributed by atoms with Crippen LogP contribution in [0.1, 0.15) is 43.0 Å². The Morgan fingerprint density at radius 1 is 1.14 bits per heavy atom. The smallest absolute Gasteiger partial charge is 0.237 e. The molecule has 0 spiro atoms. The fourth-order valence-corrected chi connectivity index (χ4v) is 3.56. The highest BCUT2D eigenvalue weighted by Crippen LogP contribution is 2.47. The van der Waals surface area contributed by atoms with Crippen molar-refractivity contribution in [2.45, 2.75) is 32.7 Å². The van der Waals surface area contributed by atoms with Crippen molar-refractivity contribution in [1.29, 1.82) is 5.26 Å². The molecule has 2 aromatic rings. The van der Waals surface area contributed by atoms with Crippen molar-refractivity contribution in [1.82, 2.24) is 4.90 Å². The third-order valence-electron chi connectivity index (χ3n) is 5.78. The summed E-state index contributed by atoms with van der Waals surface area (Å²) in [5, 5.41) is 8.92. The Hall–Kier alpha value is -3.20. The quantitative estimate of drug-likeness (QED) is 0.889. The normalized spacial score (nSPS) is 21.2. The van der Waals surface area contributed by atoms with Gasteiger partial charge in [-0.3, -0.25) is 9.69 Å². The molecule has 6 heteroatoms. The zero-order valence-corrected chi connectivity index (χ0v) is 16.5. The number of hydrogen-bond donors (Lipinski definition) is 1. The summed E-state index contributed by atoms with van der Waals surface area (Å²) < 4.78 is 14.9. The van der Waals surface area contributed by atoms with Gasteiger partial charge in [-0.15, -0.1) is 0 Å². The van der Waals surface area contributed by atoms with Gasteiger partial charge in [0.05, 0.1) is 17.0 Å². The molecule has 144 valence electrons. The van der Waals surface area contributed by atoms with Gasteiger partial charge in [0.25, 0.3) is 0 Å². The van der Waals surface area contributed by atoms with Crippen molar-refractivity contribution in [2.75, 3.05) is 7.05 Å². The Morgan fingerprint density at radius 2 is 1.75 bits per heavy atom. The van der Waals surface area contributed by atoms with Gasteiger partial charge in [-0.25, -0.2) is 9.38 Å². The van der Waals surface area contributed by atoms with E-state index >= 15 is 0 Å². The lowest BCUT2D eigenvalue weighted by Gasteiger charge is -2.46. The van der Waals surface area contributed by atoms with Crippen molar-refractivity contribution in [3.63, 3.8) is 0 Å². The van der Waals surface area contributed by atoms with Gasteiger partial charge in [0, 0.05) is 12.6 Å². The molecule has 0 aliphatic carbocycles. The number of nitrogens with two attached hydrogens (primary N) is 1. The summed E-state index contributed by atoms with van der Waals surface area (Å²) in [5.41, 5.74) is 6.66. The van der Waals surface area contributed by atoms with Crippen LogP contribution in [0.5, 0.6) is 0 Å². The molecule has 3 rings (SSSR count). The molecule has 0 fully saturated rings. The van der Waals surface area contributed by atoms with E-state index in [0.717, 1.165) is 11.1 Å². The first kappa shape index (κ1) is 19.6. The third-order valence-corrected chi connectivity index (χ3v) is 5.78. The summed E-state index contributed by atoms with van der Waals surface area (Å²) in [5.74, 6) is -0.559. The topological polar surface area (TPSA) is 82.5 Å². The SMILES string of the molecule is CN1C(=O)C(C)(C)[C@@](C)(c2cc(Cc3ccc(C#N)cc3)ccc2F)N=C1N. The van der Waals surface area contributed by atoms with Crippen LogP contribution in [-0.4, -0.2) is 23.8 Å². The van der Waals surface area contributed by atoms with Gasteiger partial charge in [-0.05, 0) is 56.5 Å². The molecule has 1 amide bonds. The fourth-order valence-electron chi connectivity index (χ4n) is 3.56. The van der Waals surface area contributed by atoms with E-state index < -0.39 is 16.8 Å². The van der Waals surface area contributed by atoms with Crippen LogP contribution >= 0.6 is 0 Å². The highest BCUT2D eigenvalue weighted by Gasteiger charge is 2.53. The summed E-state index contributed by atoms with van der Waals surface area (Å²) >= 11 is 0. The van der Waals surface area contributed by atoms with E-state index in [9.17, 15) is 9.18 Å². The number of amides is 1. The first-order valence-corrected chi connectivity index (χ1v) is 9.01. The first-order chi connectivity index (χ1) is 13.1. The lowest BCUT2D eigenvalue weighted by Crippen LogP contribution is -2.58. The molecule has 0 saturated heterocycles. The van der Waals surface area contributed by atoms with Crippen LogP contribution in [0.25, 0.3) is 0 Å². The number of benzene rings is 2. The maximum absolute atomic E-state index is 14.9. The number of hydrogen-bond acceptors (Lipinski definition) is 4. The summed E-state index contributed by atoms with van der Waals surface area (Å²) in [6, 6.07) is 14.2. The highest BCUT2D eigenvalue weighted by atomic mass is 19.1. The van der Waals surface area contributed by atoms with E-state index in [1.807, 2.05) is 12.1 Å². The highest BCUT2D eigenvalue weighted by molar-refractivity contribution is 6.01. The van der Waals surface area contributed by atoms with Crippen LogP contribution in [-0.2, 0) is 16.8 Å². The van der Waals surface area contributed by atoms with Gasteiger partial charge in [0.1, 0.15) is 11.4 Å². The Kier molecular flexibility index (Phi) is 4.72. The average molecular weight is 378 g/mol. The van der Waals surface area contributed by atoms with E-state index in [2.05, 4.69) is 11.1 Å². The molecule has 1 aliphatic heterocycles. The van der Waals surface area contributed by atoms with Crippen LogP contribution < -0.4 is 5.73 Å². The van der Waals surface area contributed by atoms with Gasteiger partial charge in [0.2, 0.25) is 5.91 Å². The fraction of sp³-hybridized carbons (Fsp3) is 0.318. The number of carbonyl (C=O) groups is 1. The molecule has 5 nitrogen and oxygen atoms in total. The van der Waals surface area contributed by atoms with Gasteiger partial charge in [-0.1, -0.05) is 24.3 Å². The van der Waals surface area contributed by atoms with E-state index in [1.54, 1.807) is 52.1 Å². The number of aliphatic imine (C=N–C) groups is 1. The van der Waals surface area contributed by atoms with Crippen molar-refractivity contribution < 1.29 is 9.18 Å². The number of nitriles is 1. The Labute approximate surface area is 164 Å². The Morgan fingerprint density at radius 3 is 2.36 bits per heavy atom. The van der Waals surface area contributed by atoms with Crippen LogP contribution in [0, 0.1) is 22.6 Å². The summed E-state index contributed by atoms with van der Waals surface area (Å²) in [6.45, 7) is 5.26. The van der Waals surface area contributed by atoms with E-state index in [4.69, 9.17) is 11.0 Å². The Bertz CT molecular complexity index is 1000. The lowest BCUT2D eigenvalue weighted by molar-refractivity contribution is -0.140. The van der Waals surface area contributed by atoms with Crippen molar-refractivity contribution in [2.24, 2.45) is 16.1 Å². The average Bonchev–Trinajstić information content (AvgIpc) is 2.67. The van der Waals surface area contributed by atoms with Gasteiger partial charge in [0.15, 0.2) is 5.96 Å². The molecule has 0 radical (unpaired) electrons. The maximum atomic E-state index is 14.9. The Balaban J connectivity index is 2.05. The molecular weight excluding hydrogens is 355 g/mol. The number of carbonyl (C=O) groups excluding carboxylic acids is 1. The summed E-state index contributed by atoms with van der Waals surface area (Å²) in [4.78, 5) is 18.6. The molecule has 2 aromatic carbocycles. The van der Waals surface area contributed by atoms with Crippen molar-refractivity contribution in [3.8, 4) is 6.07 Å². The second kappa shape index (κ2) is 6.75. The third kappa shape index (κ3) is 3.03. The van der Waals surface area contributed by atoms with E-state index in [0.29, 0.717) is 17.5 Å². The summed E-state index contributed by atoms with van der Waals surface area (Å²) in [7, 11) is 1.57. The monoisotopic (exact) mass is 378 g/mol. The first-order valence-electron chi connectivity index (χ1n) is 9.01. The van der Waals surface area contributed by atoms with Crippen molar-refractivity contribution in [3.05, 3.63) is 70.5 Å². The second-order valence-electron chi connectivity index (χ2n) is 7.83. The van der Waals surface area contributed by atoms with Crippen molar-refractivity contribution >= 4 is 11.9 Å². The zero-order valence-electron chi connectivity index (χ0n) is 16.5. The zero-order chi connectivity index (χ0) is 20.7. The predicted molar refractivity (Wildman–Crippen MR) is 106 cm³/mol. The van der Waals surface area contributed by atoms with Crippen LogP contribution in [0.4, 0.5) is 4.39 Å². The van der Waals surface area contributed by atoms with E-state index in [-0.39, 0.29) is 11.9 Å². The molecule has 0 unspecified atom stereocenters. The molecule has 1 atom stereocenters. The minimum absolute atomic E-state index is 0.0729. The molecule has 0 aromatic heterocycles. The molecule has 0 bridgehead atoms. The summed E-state index contributed by atoms with van der Waals surface area (Å²) in [6.07, 6.45) is 0.572. The second-order valence-corrected chi connectivity index (χ2v) is 7.83.